The number of rotatable bonds is 28. The molecule has 11 heteroatoms. The van der Waals surface area contributed by atoms with Crippen molar-refractivity contribution in [3.05, 3.63) is 87.0 Å². The number of H-pyrrole nitrogens is 2. The fourth-order valence-electron chi connectivity index (χ4n) is 10.9. The Bertz CT molecular complexity index is 2610. The van der Waals surface area contributed by atoms with Gasteiger partial charge in [-0.2, -0.15) is 0 Å². The first-order valence-corrected chi connectivity index (χ1v) is 28.2. The maximum absolute atomic E-state index is 15.2. The molecule has 3 aromatic rings. The minimum atomic E-state index is -0.461. The van der Waals surface area contributed by atoms with Crippen molar-refractivity contribution in [1.29, 1.82) is 0 Å². The van der Waals surface area contributed by atoms with Crippen molar-refractivity contribution in [2.45, 2.75) is 204 Å². The monoisotopic (exact) mass is 1020 g/mol. The summed E-state index contributed by atoms with van der Waals surface area (Å²) in [4.78, 5) is 62.7. The Balaban J connectivity index is 0.0000119. The Hall–Kier alpha value is -4.48. The summed E-state index contributed by atoms with van der Waals surface area (Å²) < 4.78 is 11.3. The standard InChI is InChI=1S/C63H93N5O5.Mg/c1-15-19-33-68(34-20-16-2)63(71)60-47(13)55-39-57-49(18-4)45(11)53(65-57)38-56-48(17-3)44(10)52(64-56)37-54-46(12)50(61(66-54)51(62(60)67-55)36-59(70)72-14)30-31-58(69)73-35-32-43(9)29-23-28-42(8)27-22-26-41(7)25-21-24-40(5)6;/h17,32,37-42,46,50,64-65H,3,15-16,18-31,33-36H2,1-2,4-14H3;/q;+2. The van der Waals surface area contributed by atoms with Crippen LogP contribution in [0.3, 0.4) is 0 Å². The van der Waals surface area contributed by atoms with Crippen molar-refractivity contribution in [3.63, 3.8) is 0 Å². The van der Waals surface area contributed by atoms with Gasteiger partial charge in [0.25, 0.3) is 5.91 Å². The smallest absolute Gasteiger partial charge is 0.469 e. The number of aromatic nitrogens is 4. The number of hydrogen-bond donors (Lipinski definition) is 2. The van der Waals surface area contributed by atoms with Gasteiger partial charge in [0, 0.05) is 70.2 Å². The second kappa shape index (κ2) is 30.3. The number of methoxy groups -OCH3 is 1. The SMILES string of the molecule is C=Cc1c(C)c2cc3nc(c(CC(=O)OC)c4nc(cc5[nH]c(cc1[nH]2)c(C)c5CC)C(C)=C4C(=O)N(CCCC)CCCC)C(CCC(=O)OCC=C(C)CCCC(C)CCCC(C)CCCC(C)C)C3C.[Mg+2]. The topological polar surface area (TPSA) is 130 Å². The molecule has 0 saturated carbocycles. The van der Waals surface area contributed by atoms with E-state index in [0.717, 1.165) is 112 Å². The second-order valence-corrected chi connectivity index (χ2v) is 22.1. The van der Waals surface area contributed by atoms with Crippen LogP contribution in [0.4, 0.5) is 0 Å². The normalized spacial score (nSPS) is 15.5. The Morgan fingerprint density at radius 3 is 2.00 bits per heavy atom. The third-order valence-corrected chi connectivity index (χ3v) is 15.8. The molecule has 0 radical (unpaired) electrons. The van der Waals surface area contributed by atoms with E-state index >= 15 is 4.79 Å². The molecule has 3 aromatic heterocycles. The number of nitrogens with one attached hydrogen (secondary N) is 2. The summed E-state index contributed by atoms with van der Waals surface area (Å²) in [5.74, 6) is 1.01. The molecule has 0 saturated heterocycles. The van der Waals surface area contributed by atoms with E-state index < -0.39 is 5.97 Å². The molecule has 2 N–H and O–H groups in total. The van der Waals surface area contributed by atoms with Crippen molar-refractivity contribution in [3.8, 4) is 0 Å². The van der Waals surface area contributed by atoms with E-state index in [1.807, 2.05) is 24.0 Å². The molecule has 4 atom stereocenters. The number of fused-ring (bicyclic) bond motifs is 8. The zero-order valence-electron chi connectivity index (χ0n) is 48.2. The van der Waals surface area contributed by atoms with E-state index in [1.165, 1.54) is 57.6 Å². The van der Waals surface area contributed by atoms with E-state index in [2.05, 4.69) is 111 Å². The maximum atomic E-state index is 15.2. The molecule has 2 aliphatic rings. The van der Waals surface area contributed by atoms with Gasteiger partial charge in [-0.05, 0) is 131 Å². The van der Waals surface area contributed by atoms with Gasteiger partial charge in [0.15, 0.2) is 0 Å². The minimum Gasteiger partial charge on any atom is -0.469 e. The third-order valence-electron chi connectivity index (χ3n) is 15.8. The van der Waals surface area contributed by atoms with Crippen molar-refractivity contribution in [2.75, 3.05) is 26.8 Å². The van der Waals surface area contributed by atoms with Crippen LogP contribution >= 0.6 is 0 Å². The van der Waals surface area contributed by atoms with Crippen molar-refractivity contribution in [2.24, 2.45) is 17.8 Å². The molecule has 74 heavy (non-hydrogen) atoms. The van der Waals surface area contributed by atoms with Gasteiger partial charge < -0.3 is 24.3 Å². The summed E-state index contributed by atoms with van der Waals surface area (Å²) in [5.41, 5.74) is 13.6. The molecular weight excluding hydrogens is 931 g/mol. The Kier molecular flexibility index (Phi) is 25.4. The van der Waals surface area contributed by atoms with Crippen molar-refractivity contribution in [1.82, 2.24) is 24.8 Å². The molecule has 0 spiro atoms. The summed E-state index contributed by atoms with van der Waals surface area (Å²) in [5, 5.41) is 0. The minimum absolute atomic E-state index is 0. The molecular formula is C63H93MgN5O5+2. The number of carbonyl (C=O) groups excluding carboxylic acids is 3. The van der Waals surface area contributed by atoms with E-state index in [1.54, 1.807) is 0 Å². The van der Waals surface area contributed by atoms with E-state index in [9.17, 15) is 9.59 Å². The number of esters is 2. The molecule has 10 nitrogen and oxygen atoms in total. The van der Waals surface area contributed by atoms with Crippen LogP contribution in [0.25, 0.3) is 39.3 Å². The third kappa shape index (κ3) is 16.5. The molecule has 0 aromatic carbocycles. The fraction of sp³-hybridized carbons (Fsp3) is 0.603. The first-order chi connectivity index (χ1) is 35.0. The van der Waals surface area contributed by atoms with Crippen LogP contribution in [-0.4, -0.2) is 92.5 Å². The van der Waals surface area contributed by atoms with Crippen LogP contribution in [0.15, 0.2) is 36.4 Å². The van der Waals surface area contributed by atoms with Gasteiger partial charge in [-0.3, -0.25) is 19.4 Å². The van der Waals surface area contributed by atoms with Gasteiger partial charge in [-0.25, -0.2) is 4.98 Å². The number of aryl methyl sites for hydroxylation is 3. The average molecular weight is 1020 g/mol. The van der Waals surface area contributed by atoms with Crippen LogP contribution in [-0.2, 0) is 36.7 Å². The Morgan fingerprint density at radius 2 is 1.39 bits per heavy atom. The Morgan fingerprint density at radius 1 is 0.770 bits per heavy atom. The number of allylic oxidation sites excluding steroid dienone is 2. The zero-order chi connectivity index (χ0) is 53.4. The number of aromatic amines is 2. The largest absolute Gasteiger partial charge is 2.00 e. The van der Waals surface area contributed by atoms with Gasteiger partial charge in [-0.1, -0.05) is 131 Å². The molecule has 5 rings (SSSR count). The first kappa shape index (κ1) is 62.1. The van der Waals surface area contributed by atoms with E-state index in [-0.39, 0.29) is 66.2 Å². The molecule has 0 aliphatic carbocycles. The summed E-state index contributed by atoms with van der Waals surface area (Å²) >= 11 is 0. The molecule has 8 bridgehead atoms. The second-order valence-electron chi connectivity index (χ2n) is 22.1. The Labute approximate surface area is 462 Å². The van der Waals surface area contributed by atoms with Crippen LogP contribution in [0, 0.1) is 31.6 Å². The molecule has 0 fully saturated rings. The molecule has 5 heterocycles. The molecule has 1 amide bonds. The van der Waals surface area contributed by atoms with Gasteiger partial charge in [0.1, 0.15) is 6.61 Å². The van der Waals surface area contributed by atoms with E-state index in [4.69, 9.17) is 19.4 Å². The zero-order valence-corrected chi connectivity index (χ0v) is 49.6. The van der Waals surface area contributed by atoms with Gasteiger partial charge in [-0.15, -0.1) is 0 Å². The summed E-state index contributed by atoms with van der Waals surface area (Å²) in [6.45, 7) is 32.0. The van der Waals surface area contributed by atoms with Crippen LogP contribution in [0.5, 0.6) is 0 Å². The number of hydrogen-bond acceptors (Lipinski definition) is 7. The van der Waals surface area contributed by atoms with E-state index in [0.29, 0.717) is 53.6 Å². The van der Waals surface area contributed by atoms with Crippen LogP contribution in [0.1, 0.15) is 228 Å². The summed E-state index contributed by atoms with van der Waals surface area (Å²) in [7, 11) is 1.38. The number of ether oxygens (including phenoxy) is 2. The quantitative estimate of drug-likeness (QED) is 0.0421. The fourth-order valence-corrected chi connectivity index (χ4v) is 10.9. The average Bonchev–Trinajstić information content (AvgIpc) is 4.04. The molecule has 2 aliphatic heterocycles. The number of nitrogens with zero attached hydrogens (tertiary/aromatic N) is 3. The molecule has 4 unspecified atom stereocenters. The maximum Gasteiger partial charge on any atom is 2.00 e. The van der Waals surface area contributed by atoms with Gasteiger partial charge >= 0.3 is 35.0 Å². The van der Waals surface area contributed by atoms with Crippen LogP contribution in [0.2, 0.25) is 0 Å². The predicted molar refractivity (Wildman–Crippen MR) is 310 cm³/mol. The van der Waals surface area contributed by atoms with Crippen molar-refractivity contribution < 1.29 is 23.9 Å². The summed E-state index contributed by atoms with van der Waals surface area (Å²) in [6.07, 6.45) is 20.1. The number of amides is 1. The summed E-state index contributed by atoms with van der Waals surface area (Å²) in [6, 6.07) is 6.29. The predicted octanol–water partition coefficient (Wildman–Crippen LogP) is 15.4. The first-order valence-electron chi connectivity index (χ1n) is 28.2. The van der Waals surface area contributed by atoms with Gasteiger partial charge in [0.05, 0.1) is 36.2 Å². The number of carbonyl (C=O) groups is 3. The van der Waals surface area contributed by atoms with Crippen molar-refractivity contribution >= 4 is 80.2 Å². The molecule has 400 valence electrons. The van der Waals surface area contributed by atoms with Gasteiger partial charge in [0.2, 0.25) is 0 Å². The number of unbranched alkanes of at least 4 members (excludes halogenated alkanes) is 2. The van der Waals surface area contributed by atoms with Crippen LogP contribution < -0.4 is 0 Å².